The topological polar surface area (TPSA) is 126 Å². The summed E-state index contributed by atoms with van der Waals surface area (Å²) in [6.07, 6.45) is 24.5. The van der Waals surface area contributed by atoms with Crippen molar-refractivity contribution in [1.29, 1.82) is 0 Å². The summed E-state index contributed by atoms with van der Waals surface area (Å²) in [5, 5.41) is 42.1. The molecule has 2 fully saturated rings. The van der Waals surface area contributed by atoms with Gasteiger partial charge in [-0.05, 0) is 70.8 Å². The van der Waals surface area contributed by atoms with Crippen LogP contribution in [0.15, 0.2) is 11.6 Å². The molecule has 8 nitrogen and oxygen atoms in total. The lowest BCUT2D eigenvalue weighted by atomic mass is 9.99. The Morgan fingerprint density at radius 3 is 1.60 bits per heavy atom. The van der Waals surface area contributed by atoms with Crippen LogP contribution in [-0.4, -0.2) is 81.3 Å². The first-order chi connectivity index (χ1) is 22.8. The third-order valence-electron chi connectivity index (χ3n) is 10.6. The summed E-state index contributed by atoms with van der Waals surface area (Å²) in [5.41, 5.74) is 0.610. The molecular formula is C39H70O8. The molecule has 9 atom stereocenters. The Labute approximate surface area is 286 Å². The van der Waals surface area contributed by atoms with Crippen LogP contribution in [0.1, 0.15) is 174 Å². The van der Waals surface area contributed by atoms with Gasteiger partial charge in [-0.15, -0.1) is 0 Å². The van der Waals surface area contributed by atoms with E-state index in [9.17, 15) is 25.2 Å². The van der Waals surface area contributed by atoms with E-state index in [1.807, 2.05) is 13.0 Å². The third-order valence-corrected chi connectivity index (χ3v) is 10.6. The standard InChI is InChI=1S/C39H70O8/c1-3-4-5-6-9-12-15-18-31(40)21-22-34(43)36-24-26-38(47-36)37-25-23-35(46-37)33(42)20-17-14-11-8-7-10-13-16-19-32(41)28-30-27-29(2)45-39(30)44/h27,29,31-38,40-43H,3-26,28H2,1-2H3/t29-,31-,32+,33-,34-,35+,36+,37+,38+/m0/s1. The lowest BCUT2D eigenvalue weighted by molar-refractivity contribution is -0.139. The number of rotatable bonds is 27. The quantitative estimate of drug-likeness (QED) is 0.0522. The molecule has 2 saturated heterocycles. The fourth-order valence-electron chi connectivity index (χ4n) is 7.64. The van der Waals surface area contributed by atoms with Gasteiger partial charge < -0.3 is 34.6 Å². The molecule has 0 bridgehead atoms. The molecule has 0 radical (unpaired) electrons. The molecular weight excluding hydrogens is 596 g/mol. The van der Waals surface area contributed by atoms with Crippen LogP contribution < -0.4 is 0 Å². The second-order valence-corrected chi connectivity index (χ2v) is 14.9. The summed E-state index contributed by atoms with van der Waals surface area (Å²) < 4.78 is 17.6. The Balaban J connectivity index is 1.14. The van der Waals surface area contributed by atoms with Gasteiger partial charge in [-0.3, -0.25) is 0 Å². The second-order valence-electron chi connectivity index (χ2n) is 14.9. The normalized spacial score (nSPS) is 27.1. The number of aliphatic hydroxyl groups excluding tert-OH is 4. The monoisotopic (exact) mass is 667 g/mol. The maximum Gasteiger partial charge on any atom is 0.334 e. The first-order valence-electron chi connectivity index (χ1n) is 19.7. The Morgan fingerprint density at radius 2 is 1.09 bits per heavy atom. The van der Waals surface area contributed by atoms with Crippen molar-refractivity contribution in [3.8, 4) is 0 Å². The van der Waals surface area contributed by atoms with Crippen molar-refractivity contribution in [2.75, 3.05) is 0 Å². The molecule has 0 saturated carbocycles. The molecule has 3 aliphatic rings. The molecule has 0 unspecified atom stereocenters. The number of carbonyl (C=O) groups is 1. The van der Waals surface area contributed by atoms with Gasteiger partial charge in [-0.2, -0.15) is 0 Å². The first-order valence-corrected chi connectivity index (χ1v) is 19.7. The van der Waals surface area contributed by atoms with Gasteiger partial charge in [0.1, 0.15) is 6.10 Å². The fourth-order valence-corrected chi connectivity index (χ4v) is 7.64. The first kappa shape index (κ1) is 40.4. The molecule has 47 heavy (non-hydrogen) atoms. The highest BCUT2D eigenvalue weighted by Gasteiger charge is 2.40. The average molecular weight is 667 g/mol. The Morgan fingerprint density at radius 1 is 0.617 bits per heavy atom. The molecule has 274 valence electrons. The fraction of sp³-hybridized carbons (Fsp3) is 0.923. The second kappa shape index (κ2) is 23.4. The average Bonchev–Trinajstić information content (AvgIpc) is 3.80. The lowest BCUT2D eigenvalue weighted by Crippen LogP contribution is -2.33. The summed E-state index contributed by atoms with van der Waals surface area (Å²) in [5.74, 6) is -0.286. The number of cyclic esters (lactones) is 1. The summed E-state index contributed by atoms with van der Waals surface area (Å²) in [7, 11) is 0. The largest absolute Gasteiger partial charge is 0.455 e. The zero-order valence-electron chi connectivity index (χ0n) is 29.9. The summed E-state index contributed by atoms with van der Waals surface area (Å²) in [6.45, 7) is 4.07. The predicted molar refractivity (Wildman–Crippen MR) is 186 cm³/mol. The highest BCUT2D eigenvalue weighted by Crippen LogP contribution is 2.34. The van der Waals surface area contributed by atoms with E-state index in [1.165, 1.54) is 57.8 Å². The van der Waals surface area contributed by atoms with Crippen molar-refractivity contribution in [3.05, 3.63) is 11.6 Å². The highest BCUT2D eigenvalue weighted by atomic mass is 16.6. The van der Waals surface area contributed by atoms with E-state index in [0.717, 1.165) is 83.5 Å². The molecule has 0 amide bonds. The number of carbonyl (C=O) groups excluding carboxylic acids is 1. The Bertz CT molecular complexity index is 864. The van der Waals surface area contributed by atoms with Gasteiger partial charge in [-0.25, -0.2) is 4.79 Å². The van der Waals surface area contributed by atoms with Crippen LogP contribution in [0.2, 0.25) is 0 Å². The van der Waals surface area contributed by atoms with Gasteiger partial charge in [0, 0.05) is 12.0 Å². The van der Waals surface area contributed by atoms with Crippen LogP contribution in [0.25, 0.3) is 0 Å². The maximum absolute atomic E-state index is 11.7. The summed E-state index contributed by atoms with van der Waals surface area (Å²) in [4.78, 5) is 11.7. The van der Waals surface area contributed by atoms with Crippen molar-refractivity contribution in [2.24, 2.45) is 0 Å². The van der Waals surface area contributed by atoms with E-state index in [1.54, 1.807) is 0 Å². The van der Waals surface area contributed by atoms with Crippen LogP contribution >= 0.6 is 0 Å². The van der Waals surface area contributed by atoms with E-state index in [4.69, 9.17) is 14.2 Å². The minimum atomic E-state index is -0.545. The smallest absolute Gasteiger partial charge is 0.334 e. The van der Waals surface area contributed by atoms with Crippen molar-refractivity contribution in [2.45, 2.75) is 229 Å². The lowest BCUT2D eigenvalue weighted by Gasteiger charge is -2.24. The van der Waals surface area contributed by atoms with Gasteiger partial charge in [0.05, 0.1) is 48.8 Å². The van der Waals surface area contributed by atoms with E-state index < -0.39 is 18.3 Å². The van der Waals surface area contributed by atoms with Gasteiger partial charge >= 0.3 is 5.97 Å². The molecule has 3 aliphatic heterocycles. The zero-order valence-corrected chi connectivity index (χ0v) is 29.9. The van der Waals surface area contributed by atoms with Crippen molar-refractivity contribution in [3.63, 3.8) is 0 Å². The van der Waals surface area contributed by atoms with Crippen molar-refractivity contribution < 1.29 is 39.4 Å². The Kier molecular flexibility index (Phi) is 20.1. The molecule has 0 aliphatic carbocycles. The van der Waals surface area contributed by atoms with Crippen molar-refractivity contribution >= 4 is 5.97 Å². The summed E-state index contributed by atoms with van der Waals surface area (Å²) >= 11 is 0. The molecule has 0 aromatic rings. The van der Waals surface area contributed by atoms with E-state index >= 15 is 0 Å². The number of hydrogen-bond acceptors (Lipinski definition) is 8. The number of ether oxygens (including phenoxy) is 3. The van der Waals surface area contributed by atoms with Crippen LogP contribution in [0, 0.1) is 0 Å². The maximum atomic E-state index is 11.7. The van der Waals surface area contributed by atoms with E-state index in [-0.39, 0.29) is 42.6 Å². The van der Waals surface area contributed by atoms with Crippen LogP contribution in [-0.2, 0) is 19.0 Å². The minimum absolute atomic E-state index is 0.00381. The van der Waals surface area contributed by atoms with Gasteiger partial charge in [0.25, 0.3) is 0 Å². The van der Waals surface area contributed by atoms with Gasteiger partial charge in [0.15, 0.2) is 0 Å². The van der Waals surface area contributed by atoms with Gasteiger partial charge in [0.2, 0.25) is 0 Å². The van der Waals surface area contributed by atoms with Crippen LogP contribution in [0.5, 0.6) is 0 Å². The van der Waals surface area contributed by atoms with Crippen LogP contribution in [0.3, 0.4) is 0 Å². The van der Waals surface area contributed by atoms with E-state index in [2.05, 4.69) is 6.92 Å². The molecule has 4 N–H and O–H groups in total. The highest BCUT2D eigenvalue weighted by molar-refractivity contribution is 5.90. The molecule has 8 heteroatoms. The Hall–Kier alpha value is -1.03. The summed E-state index contributed by atoms with van der Waals surface area (Å²) in [6, 6.07) is 0. The third kappa shape index (κ3) is 16.0. The van der Waals surface area contributed by atoms with E-state index in [0.29, 0.717) is 24.8 Å². The predicted octanol–water partition coefficient (Wildman–Crippen LogP) is 7.61. The number of aliphatic hydroxyl groups is 4. The van der Waals surface area contributed by atoms with Crippen LogP contribution in [0.4, 0.5) is 0 Å². The number of unbranched alkanes of at least 4 members (excludes halogenated alkanes) is 13. The van der Waals surface area contributed by atoms with Gasteiger partial charge in [-0.1, -0.05) is 103 Å². The van der Waals surface area contributed by atoms with Crippen molar-refractivity contribution in [1.82, 2.24) is 0 Å². The molecule has 3 rings (SSSR count). The molecule has 0 aromatic heterocycles. The molecule has 3 heterocycles. The number of hydrogen-bond donors (Lipinski definition) is 4. The molecule has 0 aromatic carbocycles. The molecule has 0 spiro atoms. The zero-order chi connectivity index (χ0) is 33.9. The SMILES string of the molecule is CCCCCCCCC[C@H](O)CC[C@H](O)[C@H]1CC[C@H]([C@H]2CC[C@H]([C@@H](O)CCCCCCCCCC[C@@H](O)CC3=C[C@H](C)OC3=O)O2)O1. The minimum Gasteiger partial charge on any atom is -0.455 e. The number of esters is 1.